The Balaban J connectivity index is 2.93. The number of nitrogens with two attached hydrogens (primary N) is 1. The molecule has 19 heavy (non-hydrogen) atoms. The third-order valence-electron chi connectivity index (χ3n) is 3.27. The Morgan fingerprint density at radius 2 is 1.89 bits per heavy atom. The topological polar surface area (TPSA) is 41.3 Å². The van der Waals surface area contributed by atoms with E-state index in [1.54, 1.807) is 0 Å². The van der Waals surface area contributed by atoms with Gasteiger partial charge in [-0.1, -0.05) is 12.2 Å². The number of rotatable bonds is 5. The Morgan fingerprint density at radius 3 is 2.37 bits per heavy atom. The molecule has 0 atom stereocenters. The van der Waals surface area contributed by atoms with E-state index in [2.05, 4.69) is 17.5 Å². The average Bonchev–Trinajstić information content (AvgIpc) is 2.30. The molecule has 0 aliphatic rings. The van der Waals surface area contributed by atoms with Gasteiger partial charge in [-0.25, -0.2) is 8.78 Å². The van der Waals surface area contributed by atoms with Crippen molar-refractivity contribution in [1.82, 2.24) is 4.90 Å². The normalized spacial score (nSPS) is 11.7. The van der Waals surface area contributed by atoms with Crippen molar-refractivity contribution in [3.63, 3.8) is 0 Å². The highest BCUT2D eigenvalue weighted by Gasteiger charge is 2.21. The zero-order valence-corrected chi connectivity index (χ0v) is 12.4. The summed E-state index contributed by atoms with van der Waals surface area (Å²) < 4.78 is 27.5. The number of halogens is 2. The summed E-state index contributed by atoms with van der Waals surface area (Å²) in [5, 5.41) is 2.90. The lowest BCUT2D eigenvalue weighted by molar-refractivity contribution is 0.210. The van der Waals surface area contributed by atoms with Gasteiger partial charge in [-0.3, -0.25) is 0 Å². The summed E-state index contributed by atoms with van der Waals surface area (Å²) in [5.74, 6) is -1.97. The maximum atomic E-state index is 13.8. The van der Waals surface area contributed by atoms with Crippen molar-refractivity contribution in [3.05, 3.63) is 29.3 Å². The quantitative estimate of drug-likeness (QED) is 0.816. The standard InChI is InChI=1S/C13H19F2N3S/c1-13(2,18(3)4)7-17-9-6-5-8(12(16)19)10(14)11(9)15/h5-6,17H,7H2,1-4H3,(H2,16,19). The highest BCUT2D eigenvalue weighted by molar-refractivity contribution is 7.80. The SMILES string of the molecule is CN(C)C(C)(C)CNc1ccc(C(N)=S)c(F)c1F. The van der Waals surface area contributed by atoms with Crippen LogP contribution in [0.15, 0.2) is 12.1 Å². The van der Waals surface area contributed by atoms with E-state index in [1.165, 1.54) is 12.1 Å². The summed E-state index contributed by atoms with van der Waals surface area (Å²) in [6.07, 6.45) is 0. The average molecular weight is 287 g/mol. The molecule has 0 bridgehead atoms. The minimum Gasteiger partial charge on any atom is -0.389 e. The van der Waals surface area contributed by atoms with Gasteiger partial charge in [0.2, 0.25) is 0 Å². The molecule has 3 N–H and O–H groups in total. The van der Waals surface area contributed by atoms with Crippen molar-refractivity contribution in [3.8, 4) is 0 Å². The van der Waals surface area contributed by atoms with Gasteiger partial charge in [0, 0.05) is 17.6 Å². The van der Waals surface area contributed by atoms with Gasteiger partial charge in [-0.15, -0.1) is 0 Å². The van der Waals surface area contributed by atoms with Crippen LogP contribution in [-0.2, 0) is 0 Å². The lowest BCUT2D eigenvalue weighted by atomic mass is 10.0. The Labute approximate surface area is 117 Å². The summed E-state index contributed by atoms with van der Waals surface area (Å²) in [7, 11) is 3.85. The molecule has 0 aliphatic heterocycles. The van der Waals surface area contributed by atoms with E-state index in [1.807, 2.05) is 32.8 Å². The number of hydrogen-bond donors (Lipinski definition) is 2. The Bertz CT molecular complexity index is 487. The van der Waals surface area contributed by atoms with Crippen LogP contribution in [0.2, 0.25) is 0 Å². The first-order valence-corrected chi connectivity index (χ1v) is 6.26. The highest BCUT2D eigenvalue weighted by atomic mass is 32.1. The van der Waals surface area contributed by atoms with Gasteiger partial charge in [0.25, 0.3) is 0 Å². The molecule has 0 saturated heterocycles. The van der Waals surface area contributed by atoms with Crippen LogP contribution in [0.1, 0.15) is 19.4 Å². The number of hydrogen-bond acceptors (Lipinski definition) is 3. The van der Waals surface area contributed by atoms with Crippen molar-refractivity contribution >= 4 is 22.9 Å². The number of likely N-dealkylation sites (N-methyl/N-ethyl adjacent to an activating group) is 1. The van der Waals surface area contributed by atoms with Crippen LogP contribution in [-0.4, -0.2) is 36.1 Å². The first kappa shape index (κ1) is 15.8. The first-order valence-electron chi connectivity index (χ1n) is 5.86. The molecule has 0 aromatic heterocycles. The minimum atomic E-state index is -1.01. The first-order chi connectivity index (χ1) is 8.66. The second kappa shape index (κ2) is 5.79. The fourth-order valence-corrected chi connectivity index (χ4v) is 1.50. The zero-order valence-electron chi connectivity index (χ0n) is 11.6. The zero-order chi connectivity index (χ0) is 14.8. The van der Waals surface area contributed by atoms with Gasteiger partial charge in [0.1, 0.15) is 4.99 Å². The van der Waals surface area contributed by atoms with Crippen LogP contribution < -0.4 is 11.1 Å². The monoisotopic (exact) mass is 287 g/mol. The fourth-order valence-electron chi connectivity index (χ4n) is 1.35. The molecule has 0 aliphatic carbocycles. The van der Waals surface area contributed by atoms with Gasteiger partial charge in [0.05, 0.1) is 5.69 Å². The molecule has 0 saturated carbocycles. The highest BCUT2D eigenvalue weighted by Crippen LogP contribution is 2.22. The van der Waals surface area contributed by atoms with Gasteiger partial charge in [-0.05, 0) is 40.1 Å². The number of benzene rings is 1. The van der Waals surface area contributed by atoms with E-state index in [-0.39, 0.29) is 21.8 Å². The van der Waals surface area contributed by atoms with Crippen LogP contribution in [0.3, 0.4) is 0 Å². The van der Waals surface area contributed by atoms with Gasteiger partial charge >= 0.3 is 0 Å². The predicted molar refractivity (Wildman–Crippen MR) is 78.5 cm³/mol. The molecule has 0 unspecified atom stereocenters. The third kappa shape index (κ3) is 3.61. The molecular formula is C13H19F2N3S. The summed E-state index contributed by atoms with van der Waals surface area (Å²) in [6.45, 7) is 4.47. The van der Waals surface area contributed by atoms with E-state index in [0.717, 1.165) is 0 Å². The fraction of sp³-hybridized carbons (Fsp3) is 0.462. The maximum absolute atomic E-state index is 13.8. The number of anilines is 1. The van der Waals surface area contributed by atoms with E-state index in [0.29, 0.717) is 6.54 Å². The van der Waals surface area contributed by atoms with E-state index in [9.17, 15) is 8.78 Å². The largest absolute Gasteiger partial charge is 0.389 e. The lowest BCUT2D eigenvalue weighted by Crippen LogP contribution is -2.44. The van der Waals surface area contributed by atoms with Crippen LogP contribution in [0.5, 0.6) is 0 Å². The number of nitrogens with zero attached hydrogens (tertiary/aromatic N) is 1. The molecule has 0 amide bonds. The molecule has 1 aromatic carbocycles. The van der Waals surface area contributed by atoms with Crippen LogP contribution in [0.25, 0.3) is 0 Å². The van der Waals surface area contributed by atoms with Crippen LogP contribution in [0.4, 0.5) is 14.5 Å². The molecule has 6 heteroatoms. The molecule has 3 nitrogen and oxygen atoms in total. The van der Waals surface area contributed by atoms with Crippen molar-refractivity contribution in [2.75, 3.05) is 26.0 Å². The van der Waals surface area contributed by atoms with E-state index >= 15 is 0 Å². The van der Waals surface area contributed by atoms with Gasteiger partial charge in [-0.2, -0.15) is 0 Å². The Morgan fingerprint density at radius 1 is 1.32 bits per heavy atom. The molecule has 0 spiro atoms. The van der Waals surface area contributed by atoms with E-state index in [4.69, 9.17) is 5.73 Å². The molecule has 0 heterocycles. The Hall–Kier alpha value is -1.27. The van der Waals surface area contributed by atoms with Crippen molar-refractivity contribution in [2.24, 2.45) is 5.73 Å². The molecule has 106 valence electrons. The third-order valence-corrected chi connectivity index (χ3v) is 3.49. The minimum absolute atomic E-state index is 0.0788. The van der Waals surface area contributed by atoms with Crippen molar-refractivity contribution in [1.29, 1.82) is 0 Å². The molecular weight excluding hydrogens is 268 g/mol. The molecule has 1 rings (SSSR count). The summed E-state index contributed by atoms with van der Waals surface area (Å²) in [4.78, 5) is 1.84. The van der Waals surface area contributed by atoms with Crippen molar-refractivity contribution < 1.29 is 8.78 Å². The Kier molecular flexibility index (Phi) is 4.81. The smallest absolute Gasteiger partial charge is 0.182 e. The summed E-state index contributed by atoms with van der Waals surface area (Å²) in [5.41, 5.74) is 5.15. The molecule has 0 radical (unpaired) electrons. The van der Waals surface area contributed by atoms with Crippen LogP contribution in [0, 0.1) is 11.6 Å². The maximum Gasteiger partial charge on any atom is 0.182 e. The second-order valence-corrected chi connectivity index (χ2v) is 5.65. The van der Waals surface area contributed by atoms with Crippen molar-refractivity contribution in [2.45, 2.75) is 19.4 Å². The van der Waals surface area contributed by atoms with Gasteiger partial charge < -0.3 is 16.0 Å². The molecule has 0 fully saturated rings. The molecule has 1 aromatic rings. The summed E-state index contributed by atoms with van der Waals surface area (Å²) in [6, 6.07) is 2.82. The number of thiocarbonyl (C=S) groups is 1. The predicted octanol–water partition coefficient (Wildman–Crippen LogP) is 2.35. The van der Waals surface area contributed by atoms with E-state index < -0.39 is 11.6 Å². The lowest BCUT2D eigenvalue weighted by Gasteiger charge is -2.33. The van der Waals surface area contributed by atoms with Crippen LogP contribution >= 0.6 is 12.2 Å². The van der Waals surface area contributed by atoms with Gasteiger partial charge in [0.15, 0.2) is 11.6 Å². The second-order valence-electron chi connectivity index (χ2n) is 5.21. The number of nitrogens with one attached hydrogen (secondary N) is 1. The summed E-state index contributed by atoms with van der Waals surface area (Å²) >= 11 is 4.65.